The standard InChI is InChI=1S/C15H21N3O/c1-9(2)12-7-11(5-6-13(12)19-4)15-10(3)17-14(8-16)18-15/h5-7,9H,8,16H2,1-4H3,(H,17,18). The van der Waals surface area contributed by atoms with Crippen LogP contribution in [-0.4, -0.2) is 17.1 Å². The zero-order valence-electron chi connectivity index (χ0n) is 11.9. The van der Waals surface area contributed by atoms with E-state index in [1.807, 2.05) is 19.1 Å². The lowest BCUT2D eigenvalue weighted by Crippen LogP contribution is -1.98. The van der Waals surface area contributed by atoms with Gasteiger partial charge in [-0.15, -0.1) is 0 Å². The molecule has 102 valence electrons. The van der Waals surface area contributed by atoms with Crippen molar-refractivity contribution >= 4 is 0 Å². The number of nitrogens with zero attached hydrogens (tertiary/aromatic N) is 1. The molecule has 0 saturated carbocycles. The lowest BCUT2D eigenvalue weighted by Gasteiger charge is -2.13. The van der Waals surface area contributed by atoms with Gasteiger partial charge in [0.25, 0.3) is 0 Å². The summed E-state index contributed by atoms with van der Waals surface area (Å²) in [5.41, 5.74) is 9.91. The molecule has 2 rings (SSSR count). The molecule has 0 spiro atoms. The molecule has 0 aliphatic heterocycles. The van der Waals surface area contributed by atoms with Crippen molar-refractivity contribution in [3.8, 4) is 17.0 Å². The Bertz CT molecular complexity index is 573. The minimum absolute atomic E-state index is 0.406. The normalized spacial score (nSPS) is 11.1. The summed E-state index contributed by atoms with van der Waals surface area (Å²) >= 11 is 0. The molecule has 0 unspecified atom stereocenters. The SMILES string of the molecule is COc1ccc(-c2nc(CN)[nH]c2C)cc1C(C)C. The highest BCUT2D eigenvalue weighted by Gasteiger charge is 2.13. The van der Waals surface area contributed by atoms with E-state index in [1.165, 1.54) is 5.56 Å². The van der Waals surface area contributed by atoms with Crippen LogP contribution in [0.1, 0.15) is 36.8 Å². The topological polar surface area (TPSA) is 63.9 Å². The van der Waals surface area contributed by atoms with E-state index in [1.54, 1.807) is 7.11 Å². The van der Waals surface area contributed by atoms with Crippen molar-refractivity contribution in [3.63, 3.8) is 0 Å². The molecular weight excluding hydrogens is 238 g/mol. The molecule has 1 aromatic carbocycles. The second kappa shape index (κ2) is 5.45. The van der Waals surface area contributed by atoms with E-state index in [-0.39, 0.29) is 0 Å². The third kappa shape index (κ3) is 2.63. The van der Waals surface area contributed by atoms with Crippen molar-refractivity contribution < 1.29 is 4.74 Å². The van der Waals surface area contributed by atoms with Gasteiger partial charge >= 0.3 is 0 Å². The number of aromatic nitrogens is 2. The van der Waals surface area contributed by atoms with Crippen LogP contribution >= 0.6 is 0 Å². The van der Waals surface area contributed by atoms with Crippen LogP contribution in [-0.2, 0) is 6.54 Å². The zero-order chi connectivity index (χ0) is 14.0. The third-order valence-electron chi connectivity index (χ3n) is 3.25. The summed E-state index contributed by atoms with van der Waals surface area (Å²) in [6, 6.07) is 6.18. The Morgan fingerprint density at radius 2 is 2.11 bits per heavy atom. The molecule has 0 saturated heterocycles. The highest BCUT2D eigenvalue weighted by atomic mass is 16.5. The molecule has 3 N–H and O–H groups in total. The predicted octanol–water partition coefficient (Wildman–Crippen LogP) is 2.98. The summed E-state index contributed by atoms with van der Waals surface area (Å²) in [5.74, 6) is 2.14. The number of aryl methyl sites for hydroxylation is 1. The summed E-state index contributed by atoms with van der Waals surface area (Å²) in [7, 11) is 1.70. The van der Waals surface area contributed by atoms with E-state index in [9.17, 15) is 0 Å². The highest BCUT2D eigenvalue weighted by molar-refractivity contribution is 5.65. The monoisotopic (exact) mass is 259 g/mol. The lowest BCUT2D eigenvalue weighted by molar-refractivity contribution is 0.407. The first-order valence-electron chi connectivity index (χ1n) is 6.50. The molecule has 0 radical (unpaired) electrons. The number of rotatable bonds is 4. The van der Waals surface area contributed by atoms with E-state index >= 15 is 0 Å². The van der Waals surface area contributed by atoms with Gasteiger partial charge in [-0.25, -0.2) is 4.98 Å². The van der Waals surface area contributed by atoms with Gasteiger partial charge in [-0.1, -0.05) is 13.8 Å². The number of benzene rings is 1. The van der Waals surface area contributed by atoms with Crippen LogP contribution in [0.15, 0.2) is 18.2 Å². The average molecular weight is 259 g/mol. The quantitative estimate of drug-likeness (QED) is 0.887. The number of hydrogen-bond acceptors (Lipinski definition) is 3. The number of H-pyrrole nitrogens is 1. The van der Waals surface area contributed by atoms with Crippen LogP contribution in [0.5, 0.6) is 5.75 Å². The van der Waals surface area contributed by atoms with Crippen LogP contribution in [0, 0.1) is 6.92 Å². The molecular formula is C15H21N3O. The van der Waals surface area contributed by atoms with Crippen LogP contribution in [0.25, 0.3) is 11.3 Å². The largest absolute Gasteiger partial charge is 0.496 e. The lowest BCUT2D eigenvalue weighted by atomic mass is 9.98. The van der Waals surface area contributed by atoms with Gasteiger partial charge in [0, 0.05) is 11.3 Å². The Hall–Kier alpha value is -1.81. The Kier molecular flexibility index (Phi) is 3.90. The molecule has 0 amide bonds. The fourth-order valence-electron chi connectivity index (χ4n) is 2.23. The maximum atomic E-state index is 5.62. The fourth-order valence-corrected chi connectivity index (χ4v) is 2.23. The van der Waals surface area contributed by atoms with Crippen LogP contribution < -0.4 is 10.5 Å². The Balaban J connectivity index is 2.50. The zero-order valence-corrected chi connectivity index (χ0v) is 11.9. The molecule has 0 aliphatic rings. The highest BCUT2D eigenvalue weighted by Crippen LogP contribution is 2.31. The number of ether oxygens (including phenoxy) is 1. The number of aromatic amines is 1. The van der Waals surface area contributed by atoms with Gasteiger partial charge in [0.2, 0.25) is 0 Å². The number of nitrogens with two attached hydrogens (primary N) is 1. The van der Waals surface area contributed by atoms with Gasteiger partial charge in [-0.3, -0.25) is 0 Å². The maximum absolute atomic E-state index is 5.62. The van der Waals surface area contributed by atoms with E-state index in [4.69, 9.17) is 10.5 Å². The Morgan fingerprint density at radius 1 is 1.37 bits per heavy atom. The molecule has 0 aliphatic carbocycles. The van der Waals surface area contributed by atoms with Crippen molar-refractivity contribution in [2.45, 2.75) is 33.2 Å². The second-order valence-electron chi connectivity index (χ2n) is 4.97. The van der Waals surface area contributed by atoms with Gasteiger partial charge < -0.3 is 15.5 Å². The number of imidazole rings is 1. The van der Waals surface area contributed by atoms with Crippen LogP contribution in [0.3, 0.4) is 0 Å². The van der Waals surface area contributed by atoms with Crippen molar-refractivity contribution in [1.29, 1.82) is 0 Å². The van der Waals surface area contributed by atoms with Gasteiger partial charge in [0.05, 0.1) is 19.3 Å². The first-order chi connectivity index (χ1) is 9.06. The van der Waals surface area contributed by atoms with E-state index in [2.05, 4.69) is 29.9 Å². The Labute approximate surface area is 114 Å². The minimum atomic E-state index is 0.406. The first-order valence-corrected chi connectivity index (χ1v) is 6.50. The predicted molar refractivity (Wildman–Crippen MR) is 77.3 cm³/mol. The van der Waals surface area contributed by atoms with Gasteiger partial charge in [0.15, 0.2) is 0 Å². The van der Waals surface area contributed by atoms with Gasteiger partial charge in [-0.05, 0) is 36.6 Å². The van der Waals surface area contributed by atoms with Crippen molar-refractivity contribution in [2.75, 3.05) is 7.11 Å². The van der Waals surface area contributed by atoms with Crippen molar-refractivity contribution in [3.05, 3.63) is 35.3 Å². The molecule has 1 heterocycles. The molecule has 2 aromatic rings. The summed E-state index contributed by atoms with van der Waals surface area (Å²) in [5, 5.41) is 0. The van der Waals surface area contributed by atoms with E-state index in [0.717, 1.165) is 28.5 Å². The number of nitrogens with one attached hydrogen (secondary N) is 1. The average Bonchev–Trinajstić information content (AvgIpc) is 2.79. The molecule has 0 atom stereocenters. The molecule has 0 bridgehead atoms. The molecule has 19 heavy (non-hydrogen) atoms. The second-order valence-corrected chi connectivity index (χ2v) is 4.97. The smallest absolute Gasteiger partial charge is 0.122 e. The van der Waals surface area contributed by atoms with E-state index in [0.29, 0.717) is 12.5 Å². The third-order valence-corrected chi connectivity index (χ3v) is 3.25. The van der Waals surface area contributed by atoms with Crippen molar-refractivity contribution in [1.82, 2.24) is 9.97 Å². The summed E-state index contributed by atoms with van der Waals surface area (Å²) in [6.45, 7) is 6.75. The summed E-state index contributed by atoms with van der Waals surface area (Å²) in [4.78, 5) is 7.74. The maximum Gasteiger partial charge on any atom is 0.122 e. The van der Waals surface area contributed by atoms with Gasteiger partial charge in [-0.2, -0.15) is 0 Å². The summed E-state index contributed by atoms with van der Waals surface area (Å²) in [6.07, 6.45) is 0. The number of methoxy groups -OCH3 is 1. The number of hydrogen-bond donors (Lipinski definition) is 2. The molecule has 4 nitrogen and oxygen atoms in total. The van der Waals surface area contributed by atoms with E-state index < -0.39 is 0 Å². The Morgan fingerprint density at radius 3 is 2.63 bits per heavy atom. The fraction of sp³-hybridized carbons (Fsp3) is 0.400. The van der Waals surface area contributed by atoms with Crippen LogP contribution in [0.4, 0.5) is 0 Å². The molecule has 4 heteroatoms. The minimum Gasteiger partial charge on any atom is -0.496 e. The summed E-state index contributed by atoms with van der Waals surface area (Å²) < 4.78 is 5.41. The van der Waals surface area contributed by atoms with Gasteiger partial charge in [0.1, 0.15) is 11.6 Å². The van der Waals surface area contributed by atoms with Crippen molar-refractivity contribution in [2.24, 2.45) is 5.73 Å². The van der Waals surface area contributed by atoms with Crippen LogP contribution in [0.2, 0.25) is 0 Å². The molecule has 1 aromatic heterocycles. The first kappa shape index (κ1) is 13.6. The molecule has 0 fully saturated rings.